The van der Waals surface area contributed by atoms with E-state index in [1.165, 1.54) is 7.05 Å². The van der Waals surface area contributed by atoms with Crippen molar-refractivity contribution in [2.24, 2.45) is 0 Å². The number of likely N-dealkylation sites (tertiary alicyclic amines) is 2. The van der Waals surface area contributed by atoms with Gasteiger partial charge in [-0.3, -0.25) is 19.4 Å². The lowest BCUT2D eigenvalue weighted by molar-refractivity contribution is -0.138. The highest BCUT2D eigenvalue weighted by atomic mass is 32.1. The van der Waals surface area contributed by atoms with Crippen LogP contribution >= 0.6 is 11.3 Å². The summed E-state index contributed by atoms with van der Waals surface area (Å²) >= 11 is 1.56. The van der Waals surface area contributed by atoms with Crippen LogP contribution < -0.4 is 0 Å². The molecule has 2 aliphatic heterocycles. The average Bonchev–Trinajstić information content (AvgIpc) is 4.09. The topological polar surface area (TPSA) is 155 Å². The lowest BCUT2D eigenvalue weighted by atomic mass is 10.0. The maximum absolute atomic E-state index is 14.0. The molecule has 58 heavy (non-hydrogen) atoms. The number of H-pyrrole nitrogens is 2. The Hall–Kier alpha value is -6.12. The molecule has 14 heteroatoms. The van der Waals surface area contributed by atoms with Crippen LogP contribution in [-0.2, 0) is 9.59 Å². The van der Waals surface area contributed by atoms with Crippen molar-refractivity contribution in [2.75, 3.05) is 34.2 Å². The molecule has 298 valence electrons. The van der Waals surface area contributed by atoms with Gasteiger partial charge in [-0.1, -0.05) is 78.9 Å². The second kappa shape index (κ2) is 16.4. The van der Waals surface area contributed by atoms with Gasteiger partial charge in [0.1, 0.15) is 23.7 Å². The van der Waals surface area contributed by atoms with Crippen LogP contribution in [0.3, 0.4) is 0 Å². The Labute approximate surface area is 341 Å². The molecule has 2 saturated heterocycles. The first-order valence-corrected chi connectivity index (χ1v) is 20.5. The van der Waals surface area contributed by atoms with Gasteiger partial charge in [-0.25, -0.2) is 19.7 Å². The first-order valence-electron chi connectivity index (χ1n) is 19.6. The smallest absolute Gasteiger partial charge is 0.407 e. The number of hydrogen-bond acceptors (Lipinski definition) is 8. The van der Waals surface area contributed by atoms with E-state index >= 15 is 0 Å². The molecular formula is C44H47N9O4S. The summed E-state index contributed by atoms with van der Waals surface area (Å²) in [5.41, 5.74) is 7.26. The number of benzene rings is 3. The van der Waals surface area contributed by atoms with Crippen LogP contribution in [0.2, 0.25) is 0 Å². The molecule has 2 fully saturated rings. The summed E-state index contributed by atoms with van der Waals surface area (Å²) in [7, 11) is 5.28. The fraction of sp³-hybridized carbons (Fsp3) is 0.318. The summed E-state index contributed by atoms with van der Waals surface area (Å²) in [5.74, 6) is 1.27. The van der Waals surface area contributed by atoms with Crippen molar-refractivity contribution in [3.05, 3.63) is 125 Å². The molecule has 0 saturated carbocycles. The molecular weight excluding hydrogens is 751 g/mol. The quantitative estimate of drug-likeness (QED) is 0.120. The van der Waals surface area contributed by atoms with Crippen LogP contribution in [0, 0.1) is 6.92 Å². The van der Waals surface area contributed by atoms with Crippen molar-refractivity contribution >= 4 is 29.2 Å². The number of aromatic amines is 2. The normalized spacial score (nSPS) is 17.8. The highest BCUT2D eigenvalue weighted by Gasteiger charge is 2.40. The highest BCUT2D eigenvalue weighted by Crippen LogP contribution is 2.37. The van der Waals surface area contributed by atoms with Gasteiger partial charge in [0.05, 0.1) is 46.6 Å². The van der Waals surface area contributed by atoms with E-state index in [1.54, 1.807) is 34.6 Å². The van der Waals surface area contributed by atoms with E-state index in [9.17, 15) is 19.5 Å². The van der Waals surface area contributed by atoms with Crippen LogP contribution in [0.4, 0.5) is 4.79 Å². The monoisotopic (exact) mass is 797 g/mol. The maximum atomic E-state index is 14.0. The minimum atomic E-state index is -1.16. The molecule has 3 amide bonds. The number of likely N-dealkylation sites (N-methyl/N-ethyl adjacent to an activating group) is 2. The van der Waals surface area contributed by atoms with Gasteiger partial charge in [-0.15, -0.1) is 11.3 Å². The highest BCUT2D eigenvalue weighted by molar-refractivity contribution is 7.09. The van der Waals surface area contributed by atoms with Crippen LogP contribution in [0.5, 0.6) is 0 Å². The fourth-order valence-corrected chi connectivity index (χ4v) is 8.96. The molecule has 4 atom stereocenters. The van der Waals surface area contributed by atoms with Gasteiger partial charge < -0.3 is 24.9 Å². The zero-order valence-electron chi connectivity index (χ0n) is 33.0. The Morgan fingerprint density at radius 1 is 0.724 bits per heavy atom. The lowest BCUT2D eigenvalue weighted by Crippen LogP contribution is -2.43. The molecule has 0 radical (unpaired) electrons. The van der Waals surface area contributed by atoms with Crippen LogP contribution in [0.15, 0.2) is 96.6 Å². The number of aryl methyl sites for hydroxylation is 1. The minimum absolute atomic E-state index is 0.0476. The largest absolute Gasteiger partial charge is 0.465 e. The number of carboxylic acid groups (broad SMARTS) is 1. The number of carbonyl (C=O) groups is 3. The van der Waals surface area contributed by atoms with Gasteiger partial charge in [-0.05, 0) is 74.5 Å². The second-order valence-electron chi connectivity index (χ2n) is 15.3. The molecule has 0 aliphatic carbocycles. The van der Waals surface area contributed by atoms with E-state index in [-0.39, 0.29) is 23.9 Å². The number of aromatic nitrogens is 5. The number of nitrogens with one attached hydrogen (secondary N) is 2. The van der Waals surface area contributed by atoms with Gasteiger partial charge in [-0.2, -0.15) is 0 Å². The van der Waals surface area contributed by atoms with Gasteiger partial charge in [0, 0.05) is 25.5 Å². The number of hydrogen-bond donors (Lipinski definition) is 3. The van der Waals surface area contributed by atoms with E-state index in [1.807, 2.05) is 60.6 Å². The molecule has 3 N–H and O–H groups in total. The Morgan fingerprint density at radius 2 is 1.21 bits per heavy atom. The Morgan fingerprint density at radius 3 is 1.66 bits per heavy atom. The van der Waals surface area contributed by atoms with Crippen molar-refractivity contribution < 1.29 is 19.5 Å². The maximum Gasteiger partial charge on any atom is 0.407 e. The van der Waals surface area contributed by atoms with Gasteiger partial charge >= 0.3 is 6.09 Å². The molecule has 2 aliphatic rings. The summed E-state index contributed by atoms with van der Waals surface area (Å²) < 4.78 is 0. The SMILES string of the molecule is Cc1nc(C(C(=O)N2CCC[C@H]2c2ncc(-c3ccc(-c4ccc(-c5cnc([C@@H]6CCCN6C(=O)[C@@H](c6ccccc6)N(C)C(=O)O)[nH]5)cc4)cc3)[nH]2)N(C)C)cs1. The van der Waals surface area contributed by atoms with Gasteiger partial charge in [0.15, 0.2) is 0 Å². The van der Waals surface area contributed by atoms with E-state index in [4.69, 9.17) is 9.97 Å². The average molecular weight is 798 g/mol. The third kappa shape index (κ3) is 7.64. The number of nitrogens with zero attached hydrogens (tertiary/aromatic N) is 7. The first kappa shape index (κ1) is 38.7. The Kier molecular flexibility index (Phi) is 10.9. The molecule has 5 heterocycles. The predicted octanol–water partition coefficient (Wildman–Crippen LogP) is 7.88. The van der Waals surface area contributed by atoms with Crippen molar-refractivity contribution in [1.29, 1.82) is 0 Å². The number of imidazole rings is 2. The van der Waals surface area contributed by atoms with Gasteiger partial charge in [0.25, 0.3) is 5.91 Å². The third-order valence-corrected chi connectivity index (χ3v) is 12.1. The molecule has 13 nitrogen and oxygen atoms in total. The van der Waals surface area contributed by atoms with Crippen molar-refractivity contribution in [1.82, 2.24) is 44.5 Å². The summed E-state index contributed by atoms with van der Waals surface area (Å²) in [6.07, 6.45) is 5.78. The van der Waals surface area contributed by atoms with E-state index in [0.29, 0.717) is 24.5 Å². The molecule has 3 aromatic heterocycles. The summed E-state index contributed by atoms with van der Waals surface area (Å²) in [6, 6.07) is 23.9. The summed E-state index contributed by atoms with van der Waals surface area (Å²) in [5, 5.41) is 12.7. The summed E-state index contributed by atoms with van der Waals surface area (Å²) in [6.45, 7) is 3.17. The number of rotatable bonds is 11. The fourth-order valence-electron chi connectivity index (χ4n) is 8.33. The molecule has 0 bridgehead atoms. The first-order chi connectivity index (χ1) is 28.1. The molecule has 1 unspecified atom stereocenters. The zero-order valence-corrected chi connectivity index (χ0v) is 33.8. The number of carbonyl (C=O) groups excluding carboxylic acids is 2. The molecule has 6 aromatic rings. The van der Waals surface area contributed by atoms with Crippen LogP contribution in [0.1, 0.15) is 77.8 Å². The third-order valence-electron chi connectivity index (χ3n) is 11.3. The number of amides is 3. The van der Waals surface area contributed by atoms with E-state index in [0.717, 1.165) is 80.8 Å². The van der Waals surface area contributed by atoms with Crippen molar-refractivity contribution in [3.63, 3.8) is 0 Å². The Bertz CT molecular complexity index is 2390. The Balaban J connectivity index is 0.934. The second-order valence-corrected chi connectivity index (χ2v) is 16.3. The molecule has 0 spiro atoms. The van der Waals surface area contributed by atoms with Crippen molar-refractivity contribution in [3.8, 4) is 33.6 Å². The molecule has 8 rings (SSSR count). The van der Waals surface area contributed by atoms with E-state index < -0.39 is 18.2 Å². The number of thiazole rings is 1. The lowest BCUT2D eigenvalue weighted by Gasteiger charge is -2.32. The standard InChI is InChI=1S/C44H47N9O4S/c1-27-47-35(26-58-27)39(50(2)3)43(55)53-23-9-13-37(53)41-46-25-34(49-41)31-20-16-29(17-21-31)28-14-18-30(19-15-28)33-24-45-40(48-33)36-12-8-22-52(36)42(54)38(51(4)44(56)57)32-10-6-5-7-11-32/h5-7,10-11,14-21,24-26,36-39H,8-9,12-13,22-23H2,1-4H3,(H,45,48)(H,46,49)(H,56,57)/t36-,37-,38+,39?/m0/s1. The van der Waals surface area contributed by atoms with E-state index in [2.05, 4.69) is 63.5 Å². The van der Waals surface area contributed by atoms with Crippen LogP contribution in [-0.4, -0.2) is 102 Å². The molecule has 3 aromatic carbocycles. The van der Waals surface area contributed by atoms with Gasteiger partial charge in [0.2, 0.25) is 5.91 Å². The minimum Gasteiger partial charge on any atom is -0.465 e. The van der Waals surface area contributed by atoms with Crippen molar-refractivity contribution in [2.45, 2.75) is 56.8 Å². The zero-order chi connectivity index (χ0) is 40.5. The van der Waals surface area contributed by atoms with Crippen LogP contribution in [0.25, 0.3) is 33.6 Å². The predicted molar refractivity (Wildman–Crippen MR) is 223 cm³/mol. The summed E-state index contributed by atoms with van der Waals surface area (Å²) in [4.78, 5) is 67.6.